The van der Waals surface area contributed by atoms with E-state index in [9.17, 15) is 14.4 Å². The lowest BCUT2D eigenvalue weighted by atomic mass is 10.0. The standard InChI is InChI=1S/C70H128O6/c1-4-7-10-13-16-19-21-23-25-27-28-29-30-31-32-33-34-35-36-37-38-39-40-41-43-44-46-48-51-54-57-60-63-69(72)75-66-67(65-74-68(71)62-59-56-53-50-18-15-12-9-6-3)76-70(73)64-61-58-55-52-49-47-45-42-26-24-22-20-17-14-11-8-5-2/h8,11,17,20,24,26,45,47,67H,4-7,9-10,12-16,18-19,21-23,25,27-44,46,48-66H2,1-3H3/b11-8-,20-17-,26-24-,47-45-. The van der Waals surface area contributed by atoms with E-state index in [1.54, 1.807) is 0 Å². The van der Waals surface area contributed by atoms with E-state index in [0.29, 0.717) is 19.3 Å². The first-order valence-electron chi connectivity index (χ1n) is 33.6. The molecule has 76 heavy (non-hydrogen) atoms. The molecule has 6 heteroatoms. The lowest BCUT2D eigenvalue weighted by Gasteiger charge is -2.18. The molecule has 0 fully saturated rings. The van der Waals surface area contributed by atoms with Crippen molar-refractivity contribution in [2.24, 2.45) is 0 Å². The van der Waals surface area contributed by atoms with Gasteiger partial charge in [-0.1, -0.05) is 333 Å². The van der Waals surface area contributed by atoms with E-state index in [0.717, 1.165) is 96.3 Å². The molecule has 0 amide bonds. The second-order valence-corrected chi connectivity index (χ2v) is 22.7. The van der Waals surface area contributed by atoms with Gasteiger partial charge >= 0.3 is 17.9 Å². The van der Waals surface area contributed by atoms with Crippen LogP contribution < -0.4 is 0 Å². The Morgan fingerprint density at radius 2 is 0.513 bits per heavy atom. The third-order valence-corrected chi connectivity index (χ3v) is 15.1. The number of carbonyl (C=O) groups is 3. The van der Waals surface area contributed by atoms with Crippen LogP contribution in [0, 0.1) is 0 Å². The fourth-order valence-corrected chi connectivity index (χ4v) is 10.1. The molecule has 0 radical (unpaired) electrons. The number of hydrogen-bond donors (Lipinski definition) is 0. The average molecular weight is 1070 g/mol. The molecule has 0 saturated heterocycles. The normalized spacial score (nSPS) is 12.3. The third kappa shape index (κ3) is 62.2. The van der Waals surface area contributed by atoms with Crippen LogP contribution in [-0.4, -0.2) is 37.2 Å². The number of carbonyl (C=O) groups excluding carboxylic acids is 3. The Morgan fingerprint density at radius 1 is 0.276 bits per heavy atom. The summed E-state index contributed by atoms with van der Waals surface area (Å²) >= 11 is 0. The van der Waals surface area contributed by atoms with Crippen molar-refractivity contribution in [3.05, 3.63) is 48.6 Å². The zero-order valence-corrected chi connectivity index (χ0v) is 51.0. The molecular formula is C70H128O6. The van der Waals surface area contributed by atoms with E-state index in [4.69, 9.17) is 14.2 Å². The summed E-state index contributed by atoms with van der Waals surface area (Å²) in [6.07, 6.45) is 81.7. The maximum Gasteiger partial charge on any atom is 0.306 e. The van der Waals surface area contributed by atoms with E-state index in [1.807, 2.05) is 0 Å². The zero-order chi connectivity index (χ0) is 55.0. The minimum Gasteiger partial charge on any atom is -0.462 e. The molecule has 0 aromatic carbocycles. The molecule has 1 unspecified atom stereocenters. The molecule has 6 nitrogen and oxygen atoms in total. The molecule has 0 saturated carbocycles. The summed E-state index contributed by atoms with van der Waals surface area (Å²) in [6, 6.07) is 0. The summed E-state index contributed by atoms with van der Waals surface area (Å²) < 4.78 is 16.9. The van der Waals surface area contributed by atoms with Crippen LogP contribution in [0.3, 0.4) is 0 Å². The number of esters is 3. The highest BCUT2D eigenvalue weighted by molar-refractivity contribution is 5.71. The van der Waals surface area contributed by atoms with Crippen molar-refractivity contribution in [3.63, 3.8) is 0 Å². The smallest absolute Gasteiger partial charge is 0.306 e. The molecule has 0 heterocycles. The first-order valence-corrected chi connectivity index (χ1v) is 33.6. The Hall–Kier alpha value is -2.63. The second kappa shape index (κ2) is 64.9. The van der Waals surface area contributed by atoms with Crippen molar-refractivity contribution in [3.8, 4) is 0 Å². The lowest BCUT2D eigenvalue weighted by molar-refractivity contribution is -0.167. The van der Waals surface area contributed by atoms with Gasteiger partial charge in [0.05, 0.1) is 0 Å². The number of hydrogen-bond acceptors (Lipinski definition) is 6. The third-order valence-electron chi connectivity index (χ3n) is 15.1. The Balaban J connectivity index is 4.05. The van der Waals surface area contributed by atoms with Gasteiger partial charge in [-0.05, 0) is 57.8 Å². The van der Waals surface area contributed by atoms with Gasteiger partial charge < -0.3 is 14.2 Å². The van der Waals surface area contributed by atoms with E-state index >= 15 is 0 Å². The number of rotatable bonds is 62. The van der Waals surface area contributed by atoms with Gasteiger partial charge in [0.1, 0.15) is 13.2 Å². The monoisotopic (exact) mass is 1060 g/mol. The van der Waals surface area contributed by atoms with Gasteiger partial charge in [0.15, 0.2) is 6.10 Å². The molecule has 1 atom stereocenters. The molecule has 0 aliphatic rings. The van der Waals surface area contributed by atoms with E-state index in [1.165, 1.54) is 225 Å². The highest BCUT2D eigenvalue weighted by Crippen LogP contribution is 2.18. The molecule has 0 aliphatic carbocycles. The Kier molecular flexibility index (Phi) is 62.6. The van der Waals surface area contributed by atoms with Crippen LogP contribution in [0.1, 0.15) is 361 Å². The van der Waals surface area contributed by atoms with Crippen LogP contribution in [-0.2, 0) is 28.6 Å². The quantitative estimate of drug-likeness (QED) is 0.0261. The molecular weight excluding hydrogens is 937 g/mol. The van der Waals surface area contributed by atoms with Crippen LogP contribution in [0.5, 0.6) is 0 Å². The molecule has 0 N–H and O–H groups in total. The maximum atomic E-state index is 12.9. The van der Waals surface area contributed by atoms with Gasteiger partial charge in [0.25, 0.3) is 0 Å². The molecule has 0 bridgehead atoms. The van der Waals surface area contributed by atoms with Gasteiger partial charge in [-0.15, -0.1) is 0 Å². The molecule has 0 aromatic heterocycles. The number of unbranched alkanes of at least 4 members (excludes halogenated alkanes) is 43. The van der Waals surface area contributed by atoms with Crippen molar-refractivity contribution in [1.29, 1.82) is 0 Å². The van der Waals surface area contributed by atoms with Gasteiger partial charge in [-0.25, -0.2) is 0 Å². The van der Waals surface area contributed by atoms with Crippen molar-refractivity contribution in [2.45, 2.75) is 367 Å². The van der Waals surface area contributed by atoms with Crippen LogP contribution in [0.2, 0.25) is 0 Å². The van der Waals surface area contributed by atoms with Crippen molar-refractivity contribution in [2.75, 3.05) is 13.2 Å². The second-order valence-electron chi connectivity index (χ2n) is 22.7. The van der Waals surface area contributed by atoms with Crippen LogP contribution in [0.15, 0.2) is 48.6 Å². The topological polar surface area (TPSA) is 78.9 Å². The minimum atomic E-state index is -0.783. The van der Waals surface area contributed by atoms with E-state index in [-0.39, 0.29) is 31.1 Å². The molecule has 0 rings (SSSR count). The van der Waals surface area contributed by atoms with Crippen molar-refractivity contribution < 1.29 is 28.6 Å². The number of ether oxygens (including phenoxy) is 3. The highest BCUT2D eigenvalue weighted by Gasteiger charge is 2.19. The summed E-state index contributed by atoms with van der Waals surface area (Å²) in [6.45, 7) is 6.54. The maximum absolute atomic E-state index is 12.9. The van der Waals surface area contributed by atoms with Crippen molar-refractivity contribution in [1.82, 2.24) is 0 Å². The Morgan fingerprint density at radius 3 is 0.803 bits per heavy atom. The van der Waals surface area contributed by atoms with Gasteiger partial charge in [-0.2, -0.15) is 0 Å². The lowest BCUT2D eigenvalue weighted by Crippen LogP contribution is -2.30. The summed E-state index contributed by atoms with van der Waals surface area (Å²) in [5.74, 6) is -0.887. The van der Waals surface area contributed by atoms with Gasteiger partial charge in [0.2, 0.25) is 0 Å². The summed E-state index contributed by atoms with van der Waals surface area (Å²) in [7, 11) is 0. The summed E-state index contributed by atoms with van der Waals surface area (Å²) in [5.41, 5.74) is 0. The van der Waals surface area contributed by atoms with Crippen LogP contribution in [0.25, 0.3) is 0 Å². The Labute approximate surface area is 473 Å². The predicted molar refractivity (Wildman–Crippen MR) is 330 cm³/mol. The van der Waals surface area contributed by atoms with Crippen molar-refractivity contribution >= 4 is 17.9 Å². The highest BCUT2D eigenvalue weighted by atomic mass is 16.6. The average Bonchev–Trinajstić information content (AvgIpc) is 3.42. The van der Waals surface area contributed by atoms with E-state index < -0.39 is 6.10 Å². The number of allylic oxidation sites excluding steroid dienone is 8. The first-order chi connectivity index (χ1) is 37.5. The Bertz CT molecular complexity index is 1310. The minimum absolute atomic E-state index is 0.0790. The fraction of sp³-hybridized carbons (Fsp3) is 0.843. The predicted octanol–water partition coefficient (Wildman–Crippen LogP) is 22.9. The first kappa shape index (κ1) is 73.4. The molecule has 0 spiro atoms. The van der Waals surface area contributed by atoms with Gasteiger partial charge in [-0.3, -0.25) is 14.4 Å². The van der Waals surface area contributed by atoms with Gasteiger partial charge in [0, 0.05) is 19.3 Å². The largest absolute Gasteiger partial charge is 0.462 e. The fourth-order valence-electron chi connectivity index (χ4n) is 10.1. The summed E-state index contributed by atoms with van der Waals surface area (Å²) in [5, 5.41) is 0. The van der Waals surface area contributed by atoms with Crippen LogP contribution >= 0.6 is 0 Å². The van der Waals surface area contributed by atoms with Crippen LogP contribution in [0.4, 0.5) is 0 Å². The zero-order valence-electron chi connectivity index (χ0n) is 51.0. The molecule has 0 aromatic rings. The summed E-state index contributed by atoms with van der Waals surface area (Å²) in [4.78, 5) is 38.2. The molecule has 0 aliphatic heterocycles. The van der Waals surface area contributed by atoms with E-state index in [2.05, 4.69) is 69.4 Å². The molecule has 444 valence electrons. The SMILES string of the molecule is CC/C=C\C/C=C\C/C=C\C/C=C\CCCCCCC(=O)OC(COC(=O)CCCCCCCCCCC)COC(=O)CCCCCCCCCCCCCCCCCCCCCCCCCCCCCCCCCC.